The molecule has 0 unspecified atom stereocenters. The van der Waals surface area contributed by atoms with Crippen LogP contribution >= 0.6 is 0 Å². The molecule has 202 valence electrons. The summed E-state index contributed by atoms with van der Waals surface area (Å²) in [5, 5.41) is 2.86. The second kappa shape index (κ2) is 11.8. The molecule has 1 amide bonds. The minimum atomic E-state index is -4.42. The van der Waals surface area contributed by atoms with Crippen LogP contribution in [0, 0.1) is 0 Å². The molecule has 0 radical (unpaired) electrons. The van der Waals surface area contributed by atoms with Crippen molar-refractivity contribution in [3.05, 3.63) is 53.7 Å². The van der Waals surface area contributed by atoms with Crippen molar-refractivity contribution in [1.29, 1.82) is 0 Å². The van der Waals surface area contributed by atoms with E-state index in [2.05, 4.69) is 10.3 Å². The smallest absolute Gasteiger partial charge is 0.379 e. The van der Waals surface area contributed by atoms with Gasteiger partial charge in [0.05, 0.1) is 30.2 Å². The van der Waals surface area contributed by atoms with Crippen molar-refractivity contribution in [3.8, 4) is 0 Å². The number of alkyl halides is 3. The Labute approximate surface area is 214 Å². The van der Waals surface area contributed by atoms with Gasteiger partial charge in [-0.15, -0.1) is 0 Å². The fraction of sp³-hybridized carbons (Fsp3) is 0.500. The van der Waals surface area contributed by atoms with E-state index in [1.54, 1.807) is 24.3 Å². The number of carbonyl (C=O) groups excluding carboxylic acids is 1. The van der Waals surface area contributed by atoms with E-state index < -0.39 is 21.8 Å². The first-order chi connectivity index (χ1) is 17.6. The van der Waals surface area contributed by atoms with E-state index in [4.69, 9.17) is 4.74 Å². The summed E-state index contributed by atoms with van der Waals surface area (Å²) in [7, 11) is -3.57. The highest BCUT2D eigenvalue weighted by Crippen LogP contribution is 2.29. The molecule has 0 atom stereocenters. The molecule has 37 heavy (non-hydrogen) atoms. The molecule has 2 saturated heterocycles. The Hall–Kier alpha value is -2.74. The summed E-state index contributed by atoms with van der Waals surface area (Å²) in [6, 6.07) is 8.88. The number of nitrogens with zero attached hydrogens (tertiary/aromatic N) is 4. The van der Waals surface area contributed by atoms with Gasteiger partial charge in [0.2, 0.25) is 15.9 Å². The second-order valence-corrected chi connectivity index (χ2v) is 10.9. The molecule has 1 aromatic heterocycles. The topological polar surface area (TPSA) is 95.1 Å². The van der Waals surface area contributed by atoms with Crippen molar-refractivity contribution in [2.45, 2.75) is 24.0 Å². The van der Waals surface area contributed by atoms with Crippen LogP contribution in [0.4, 0.5) is 19.0 Å². The number of sulfonamides is 1. The summed E-state index contributed by atoms with van der Waals surface area (Å²) in [6.45, 7) is 4.31. The van der Waals surface area contributed by atoms with Gasteiger partial charge in [-0.1, -0.05) is 12.1 Å². The summed E-state index contributed by atoms with van der Waals surface area (Å²) in [6.07, 6.45) is -2.83. The Morgan fingerprint density at radius 2 is 1.70 bits per heavy atom. The van der Waals surface area contributed by atoms with Gasteiger partial charge < -0.3 is 15.0 Å². The lowest BCUT2D eigenvalue weighted by atomic mass is 10.2. The molecule has 4 rings (SSSR count). The van der Waals surface area contributed by atoms with Gasteiger partial charge in [-0.05, 0) is 36.2 Å². The third-order valence-corrected chi connectivity index (χ3v) is 8.29. The average molecular weight is 542 g/mol. The lowest BCUT2D eigenvalue weighted by Crippen LogP contribution is -2.40. The number of carbonyl (C=O) groups is 1. The molecule has 0 bridgehead atoms. The van der Waals surface area contributed by atoms with Crippen LogP contribution in [0.15, 0.2) is 47.5 Å². The van der Waals surface area contributed by atoms with Crippen molar-refractivity contribution >= 4 is 21.7 Å². The number of halogens is 3. The van der Waals surface area contributed by atoms with Crippen LogP contribution < -0.4 is 10.2 Å². The van der Waals surface area contributed by atoms with Gasteiger partial charge in [0.25, 0.3) is 0 Å². The molecule has 2 aliphatic rings. The Morgan fingerprint density at radius 3 is 2.35 bits per heavy atom. The zero-order valence-corrected chi connectivity index (χ0v) is 21.1. The molecule has 2 aromatic rings. The largest absolute Gasteiger partial charge is 0.417 e. The third kappa shape index (κ3) is 7.18. The maximum Gasteiger partial charge on any atom is 0.417 e. The number of hydrogen-bond acceptors (Lipinski definition) is 7. The van der Waals surface area contributed by atoms with Crippen molar-refractivity contribution in [2.75, 3.05) is 63.9 Å². The van der Waals surface area contributed by atoms with Gasteiger partial charge in [-0.3, -0.25) is 9.69 Å². The summed E-state index contributed by atoms with van der Waals surface area (Å²) >= 11 is 0. The summed E-state index contributed by atoms with van der Waals surface area (Å²) in [4.78, 5) is 20.6. The Balaban J connectivity index is 1.24. The molecule has 0 spiro atoms. The fourth-order valence-corrected chi connectivity index (χ4v) is 5.68. The molecule has 9 nitrogen and oxygen atoms in total. The van der Waals surface area contributed by atoms with E-state index in [0.29, 0.717) is 58.3 Å². The molecule has 0 saturated carbocycles. The highest BCUT2D eigenvalue weighted by Gasteiger charge is 2.31. The number of nitrogens with one attached hydrogen (secondary N) is 1. The number of anilines is 1. The first-order valence-electron chi connectivity index (χ1n) is 12.1. The third-order valence-electron chi connectivity index (χ3n) is 6.38. The predicted molar refractivity (Wildman–Crippen MR) is 130 cm³/mol. The molecular weight excluding hydrogens is 511 g/mol. The minimum Gasteiger partial charge on any atom is -0.379 e. The van der Waals surface area contributed by atoms with E-state index in [0.717, 1.165) is 24.2 Å². The first kappa shape index (κ1) is 27.3. The van der Waals surface area contributed by atoms with Crippen molar-refractivity contribution in [1.82, 2.24) is 19.5 Å². The van der Waals surface area contributed by atoms with Gasteiger partial charge in [0, 0.05) is 52.0 Å². The normalized spacial score (nSPS) is 18.4. The molecular formula is C24H30F3N5O4S. The molecule has 3 heterocycles. The second-order valence-electron chi connectivity index (χ2n) is 8.96. The SMILES string of the molecule is O=C(CN1CCCN(c2ccc(C(F)(F)F)cn2)CC1)NCc1ccc(S(=O)(=O)N2CCOCC2)cc1. The number of benzene rings is 1. The standard InChI is InChI=1S/C24H30F3N5O4S/c25-24(26,27)20-4-7-22(28-17-20)31-9-1-8-30(10-11-31)18-23(33)29-16-19-2-5-21(6-3-19)37(34,35)32-12-14-36-15-13-32/h2-7,17H,1,8-16,18H2,(H,29,33). The maximum absolute atomic E-state index is 12.8. The Bertz CT molecular complexity index is 1150. The van der Waals surface area contributed by atoms with Gasteiger partial charge in [0.1, 0.15) is 5.82 Å². The number of amides is 1. The van der Waals surface area contributed by atoms with Crippen molar-refractivity contribution in [2.24, 2.45) is 0 Å². The molecule has 2 aliphatic heterocycles. The lowest BCUT2D eigenvalue weighted by Gasteiger charge is -2.26. The summed E-state index contributed by atoms with van der Waals surface area (Å²) < 4.78 is 70.4. The number of morpholine rings is 1. The number of rotatable bonds is 7. The van der Waals surface area contributed by atoms with Crippen LogP contribution in [0.3, 0.4) is 0 Å². The number of ether oxygens (including phenoxy) is 1. The zero-order chi connectivity index (χ0) is 26.5. The number of aromatic nitrogens is 1. The highest BCUT2D eigenvalue weighted by atomic mass is 32.2. The van der Waals surface area contributed by atoms with Crippen LogP contribution in [0.2, 0.25) is 0 Å². The van der Waals surface area contributed by atoms with Gasteiger partial charge >= 0.3 is 6.18 Å². The lowest BCUT2D eigenvalue weighted by molar-refractivity contribution is -0.137. The van der Waals surface area contributed by atoms with Gasteiger partial charge in [-0.2, -0.15) is 17.5 Å². The van der Waals surface area contributed by atoms with Crippen LogP contribution in [0.25, 0.3) is 0 Å². The van der Waals surface area contributed by atoms with Crippen LogP contribution in [-0.2, 0) is 32.3 Å². The number of hydrogen-bond donors (Lipinski definition) is 1. The monoisotopic (exact) mass is 541 g/mol. The molecule has 13 heteroatoms. The van der Waals surface area contributed by atoms with E-state index >= 15 is 0 Å². The van der Waals surface area contributed by atoms with Crippen molar-refractivity contribution in [3.63, 3.8) is 0 Å². The molecule has 2 fully saturated rings. The van der Waals surface area contributed by atoms with E-state index in [1.165, 1.54) is 10.4 Å². The molecule has 1 aromatic carbocycles. The zero-order valence-electron chi connectivity index (χ0n) is 20.3. The van der Waals surface area contributed by atoms with Gasteiger partial charge in [-0.25, -0.2) is 13.4 Å². The molecule has 0 aliphatic carbocycles. The summed E-state index contributed by atoms with van der Waals surface area (Å²) in [5.74, 6) is 0.324. The number of pyridine rings is 1. The first-order valence-corrected chi connectivity index (χ1v) is 13.5. The van der Waals surface area contributed by atoms with E-state index in [-0.39, 0.29) is 23.9 Å². The van der Waals surface area contributed by atoms with E-state index in [1.807, 2.05) is 9.80 Å². The highest BCUT2D eigenvalue weighted by molar-refractivity contribution is 7.89. The minimum absolute atomic E-state index is 0.161. The summed E-state index contributed by atoms with van der Waals surface area (Å²) in [5.41, 5.74) is 0.00225. The quantitative estimate of drug-likeness (QED) is 0.573. The van der Waals surface area contributed by atoms with E-state index in [9.17, 15) is 26.4 Å². The average Bonchev–Trinajstić information content (AvgIpc) is 3.13. The predicted octanol–water partition coefficient (Wildman–Crippen LogP) is 1.95. The van der Waals surface area contributed by atoms with Crippen molar-refractivity contribution < 1.29 is 31.1 Å². The Morgan fingerprint density at radius 1 is 0.973 bits per heavy atom. The van der Waals surface area contributed by atoms with Crippen LogP contribution in [0.5, 0.6) is 0 Å². The fourth-order valence-electron chi connectivity index (χ4n) is 4.27. The maximum atomic E-state index is 12.8. The van der Waals surface area contributed by atoms with Crippen LogP contribution in [0.1, 0.15) is 17.5 Å². The Kier molecular flexibility index (Phi) is 8.67. The van der Waals surface area contributed by atoms with Gasteiger partial charge in [0.15, 0.2) is 0 Å². The molecule has 1 N–H and O–H groups in total. The van der Waals surface area contributed by atoms with Crippen LogP contribution in [-0.4, -0.2) is 87.5 Å².